The fourth-order valence-electron chi connectivity index (χ4n) is 2.24. The Bertz CT molecular complexity index is 854. The lowest BCUT2D eigenvalue weighted by Crippen LogP contribution is -2.22. The number of hydrogen-bond donors (Lipinski definition) is 2. The highest BCUT2D eigenvalue weighted by molar-refractivity contribution is 5.97. The number of nitrogens with two attached hydrogens (primary N) is 1. The van der Waals surface area contributed by atoms with Crippen molar-refractivity contribution in [1.82, 2.24) is 15.1 Å². The van der Waals surface area contributed by atoms with Crippen molar-refractivity contribution >= 4 is 11.8 Å². The summed E-state index contributed by atoms with van der Waals surface area (Å²) in [5.74, 6) is -0.742. The van der Waals surface area contributed by atoms with Crippen LogP contribution >= 0.6 is 0 Å². The Kier molecular flexibility index (Phi) is 4.38. The van der Waals surface area contributed by atoms with E-state index in [9.17, 15) is 9.59 Å². The summed E-state index contributed by atoms with van der Waals surface area (Å²) in [6.45, 7) is 0.364. The van der Waals surface area contributed by atoms with Gasteiger partial charge in [-0.3, -0.25) is 9.59 Å². The maximum absolute atomic E-state index is 12.1. The first kappa shape index (κ1) is 15.5. The van der Waals surface area contributed by atoms with E-state index >= 15 is 0 Å². The SMILES string of the molecule is NC(=O)c1ccc(C(=O)NCc2cnn(-c3ccccc3)c2)cc1. The summed E-state index contributed by atoms with van der Waals surface area (Å²) in [5, 5.41) is 7.10. The van der Waals surface area contributed by atoms with Crippen LogP contribution in [0.2, 0.25) is 0 Å². The molecule has 0 saturated carbocycles. The van der Waals surface area contributed by atoms with Gasteiger partial charge in [0, 0.05) is 29.4 Å². The molecular formula is C18H16N4O2. The number of amides is 2. The zero-order valence-electron chi connectivity index (χ0n) is 12.8. The largest absolute Gasteiger partial charge is 0.366 e. The second-order valence-electron chi connectivity index (χ2n) is 5.25. The Hall–Kier alpha value is -3.41. The molecule has 120 valence electrons. The Balaban J connectivity index is 1.62. The van der Waals surface area contributed by atoms with Gasteiger partial charge in [-0.2, -0.15) is 5.10 Å². The number of rotatable bonds is 5. The minimum absolute atomic E-state index is 0.224. The van der Waals surface area contributed by atoms with Crippen LogP contribution in [0.15, 0.2) is 67.0 Å². The maximum atomic E-state index is 12.1. The molecule has 6 nitrogen and oxygen atoms in total. The van der Waals surface area contributed by atoms with Crippen LogP contribution in [0.5, 0.6) is 0 Å². The second kappa shape index (κ2) is 6.78. The first-order chi connectivity index (χ1) is 11.6. The molecule has 0 aliphatic rings. The van der Waals surface area contributed by atoms with Gasteiger partial charge in [0.1, 0.15) is 0 Å². The number of nitrogens with one attached hydrogen (secondary N) is 1. The molecule has 1 aromatic heterocycles. The van der Waals surface area contributed by atoms with Gasteiger partial charge in [0.2, 0.25) is 5.91 Å². The number of aromatic nitrogens is 2. The second-order valence-corrected chi connectivity index (χ2v) is 5.25. The van der Waals surface area contributed by atoms with Crippen molar-refractivity contribution in [3.63, 3.8) is 0 Å². The van der Waals surface area contributed by atoms with Crippen LogP contribution in [-0.4, -0.2) is 21.6 Å². The molecule has 0 fully saturated rings. The number of hydrogen-bond acceptors (Lipinski definition) is 3. The lowest BCUT2D eigenvalue weighted by molar-refractivity contribution is 0.0948. The molecule has 3 N–H and O–H groups in total. The van der Waals surface area contributed by atoms with E-state index in [1.807, 2.05) is 36.5 Å². The van der Waals surface area contributed by atoms with Gasteiger partial charge < -0.3 is 11.1 Å². The number of primary amides is 1. The van der Waals surface area contributed by atoms with Crippen LogP contribution < -0.4 is 11.1 Å². The number of nitrogens with zero attached hydrogens (tertiary/aromatic N) is 2. The topological polar surface area (TPSA) is 90.0 Å². The highest BCUT2D eigenvalue weighted by Crippen LogP contribution is 2.08. The molecule has 24 heavy (non-hydrogen) atoms. The molecule has 0 aliphatic carbocycles. The average molecular weight is 320 g/mol. The van der Waals surface area contributed by atoms with Crippen molar-refractivity contribution in [2.75, 3.05) is 0 Å². The summed E-state index contributed by atoms with van der Waals surface area (Å²) in [5.41, 5.74) is 7.86. The third-order valence-electron chi connectivity index (χ3n) is 3.54. The molecule has 0 aliphatic heterocycles. The average Bonchev–Trinajstić information content (AvgIpc) is 3.09. The third-order valence-corrected chi connectivity index (χ3v) is 3.54. The Labute approximate surface area is 138 Å². The van der Waals surface area contributed by atoms with Gasteiger partial charge in [-0.1, -0.05) is 18.2 Å². The highest BCUT2D eigenvalue weighted by atomic mass is 16.2. The van der Waals surface area contributed by atoms with Crippen molar-refractivity contribution in [3.05, 3.63) is 83.7 Å². The minimum atomic E-state index is -0.518. The molecule has 1 heterocycles. The summed E-state index contributed by atoms with van der Waals surface area (Å²) in [6, 6.07) is 15.9. The van der Waals surface area contributed by atoms with Gasteiger partial charge >= 0.3 is 0 Å². The van der Waals surface area contributed by atoms with Gasteiger partial charge in [-0.15, -0.1) is 0 Å². The van der Waals surface area contributed by atoms with Crippen molar-refractivity contribution in [3.8, 4) is 5.69 Å². The molecule has 0 saturated heterocycles. The molecule has 0 atom stereocenters. The lowest BCUT2D eigenvalue weighted by Gasteiger charge is -2.04. The molecule has 2 amide bonds. The molecule has 0 spiro atoms. The molecule has 2 aromatic carbocycles. The van der Waals surface area contributed by atoms with Gasteiger partial charge in [0.25, 0.3) is 5.91 Å². The van der Waals surface area contributed by atoms with Crippen LogP contribution in [0.3, 0.4) is 0 Å². The van der Waals surface area contributed by atoms with Gasteiger partial charge in [-0.25, -0.2) is 4.68 Å². The smallest absolute Gasteiger partial charge is 0.251 e. The van der Waals surface area contributed by atoms with Gasteiger partial charge in [-0.05, 0) is 36.4 Å². The summed E-state index contributed by atoms with van der Waals surface area (Å²) in [7, 11) is 0. The number of carbonyl (C=O) groups excluding carboxylic acids is 2. The monoisotopic (exact) mass is 320 g/mol. The zero-order valence-corrected chi connectivity index (χ0v) is 12.8. The maximum Gasteiger partial charge on any atom is 0.251 e. The van der Waals surface area contributed by atoms with Crippen molar-refractivity contribution in [1.29, 1.82) is 0 Å². The van der Waals surface area contributed by atoms with Crippen molar-refractivity contribution in [2.24, 2.45) is 5.73 Å². The van der Waals surface area contributed by atoms with Crippen LogP contribution in [0, 0.1) is 0 Å². The van der Waals surface area contributed by atoms with E-state index in [2.05, 4.69) is 10.4 Å². The van der Waals surface area contributed by atoms with E-state index in [1.54, 1.807) is 23.0 Å². The summed E-state index contributed by atoms with van der Waals surface area (Å²) in [6.07, 6.45) is 3.58. The predicted molar refractivity (Wildman–Crippen MR) is 89.7 cm³/mol. The standard InChI is InChI=1S/C18H16N4O2/c19-17(23)14-6-8-15(9-7-14)18(24)20-10-13-11-21-22(12-13)16-4-2-1-3-5-16/h1-9,11-12H,10H2,(H2,19,23)(H,20,24). The first-order valence-electron chi connectivity index (χ1n) is 7.40. The van der Waals surface area contributed by atoms with E-state index in [0.717, 1.165) is 11.3 Å². The fraction of sp³-hybridized carbons (Fsp3) is 0.0556. The molecule has 0 radical (unpaired) electrons. The van der Waals surface area contributed by atoms with Crippen LogP contribution in [0.4, 0.5) is 0 Å². The fourth-order valence-corrected chi connectivity index (χ4v) is 2.24. The first-order valence-corrected chi connectivity index (χ1v) is 7.40. The van der Waals surface area contributed by atoms with Crippen molar-refractivity contribution < 1.29 is 9.59 Å². The van der Waals surface area contributed by atoms with E-state index in [-0.39, 0.29) is 5.91 Å². The van der Waals surface area contributed by atoms with E-state index in [4.69, 9.17) is 5.73 Å². The van der Waals surface area contributed by atoms with Gasteiger partial charge in [0.15, 0.2) is 0 Å². The number of benzene rings is 2. The Morgan fingerprint density at radius 3 is 2.33 bits per heavy atom. The summed E-state index contributed by atoms with van der Waals surface area (Å²) < 4.78 is 1.75. The van der Waals surface area contributed by atoms with Gasteiger partial charge in [0.05, 0.1) is 11.9 Å². The number of carbonyl (C=O) groups is 2. The quantitative estimate of drug-likeness (QED) is 0.752. The predicted octanol–water partition coefficient (Wildman–Crippen LogP) is 1.90. The van der Waals surface area contributed by atoms with Crippen LogP contribution in [0.25, 0.3) is 5.69 Å². The summed E-state index contributed by atoms with van der Waals surface area (Å²) >= 11 is 0. The van der Waals surface area contributed by atoms with E-state index < -0.39 is 5.91 Å². The van der Waals surface area contributed by atoms with Crippen molar-refractivity contribution in [2.45, 2.75) is 6.54 Å². The van der Waals surface area contributed by atoms with E-state index in [1.165, 1.54) is 12.1 Å². The lowest BCUT2D eigenvalue weighted by atomic mass is 10.1. The molecule has 3 aromatic rings. The Morgan fingerprint density at radius 2 is 1.67 bits per heavy atom. The normalized spacial score (nSPS) is 10.3. The molecule has 3 rings (SSSR count). The highest BCUT2D eigenvalue weighted by Gasteiger charge is 2.08. The number of para-hydroxylation sites is 1. The van der Waals surface area contributed by atoms with Crippen LogP contribution in [0.1, 0.15) is 26.3 Å². The minimum Gasteiger partial charge on any atom is -0.366 e. The Morgan fingerprint density at radius 1 is 1.00 bits per heavy atom. The molecule has 0 bridgehead atoms. The molecular weight excluding hydrogens is 304 g/mol. The van der Waals surface area contributed by atoms with E-state index in [0.29, 0.717) is 17.7 Å². The molecule has 6 heteroatoms. The third kappa shape index (κ3) is 3.49. The molecule has 0 unspecified atom stereocenters. The van der Waals surface area contributed by atoms with Crippen LogP contribution in [-0.2, 0) is 6.54 Å². The zero-order chi connectivity index (χ0) is 16.9. The summed E-state index contributed by atoms with van der Waals surface area (Å²) in [4.78, 5) is 23.1.